The highest BCUT2D eigenvalue weighted by Crippen LogP contribution is 2.43. The van der Waals surface area contributed by atoms with Gasteiger partial charge < -0.3 is 5.32 Å². The molecule has 1 heterocycles. The standard InChI is InChI=1S/C18H34N2/c1-14-11-18(2,3)9-8-17(14)20(16-6-7-16)13-15-5-4-10-19-12-15/h14-17,19H,4-13H2,1-3H3. The van der Waals surface area contributed by atoms with Crippen LogP contribution in [0.2, 0.25) is 0 Å². The summed E-state index contributed by atoms with van der Waals surface area (Å²) in [6, 6.07) is 1.81. The normalized spacial score (nSPS) is 38.1. The zero-order chi connectivity index (χ0) is 14.2. The summed E-state index contributed by atoms with van der Waals surface area (Å²) in [5.74, 6) is 1.79. The van der Waals surface area contributed by atoms with Gasteiger partial charge in [0.15, 0.2) is 0 Å². The number of rotatable bonds is 4. The van der Waals surface area contributed by atoms with Crippen LogP contribution in [0.1, 0.15) is 65.7 Å². The van der Waals surface area contributed by atoms with Crippen LogP contribution in [0.25, 0.3) is 0 Å². The smallest absolute Gasteiger partial charge is 0.0124 e. The topological polar surface area (TPSA) is 15.3 Å². The molecule has 0 aromatic carbocycles. The molecule has 0 bridgehead atoms. The first kappa shape index (κ1) is 14.8. The molecule has 3 rings (SSSR count). The molecule has 2 aliphatic carbocycles. The highest BCUT2D eigenvalue weighted by Gasteiger charge is 2.41. The third-order valence-electron chi connectivity index (χ3n) is 5.96. The maximum absolute atomic E-state index is 3.60. The number of hydrogen-bond acceptors (Lipinski definition) is 2. The van der Waals surface area contributed by atoms with E-state index in [0.717, 1.165) is 23.9 Å². The van der Waals surface area contributed by atoms with Gasteiger partial charge in [-0.3, -0.25) is 4.90 Å². The summed E-state index contributed by atoms with van der Waals surface area (Å²) < 4.78 is 0. The Morgan fingerprint density at radius 3 is 2.55 bits per heavy atom. The van der Waals surface area contributed by atoms with E-state index in [0.29, 0.717) is 5.41 Å². The van der Waals surface area contributed by atoms with Crippen LogP contribution in [0.5, 0.6) is 0 Å². The van der Waals surface area contributed by atoms with E-state index in [2.05, 4.69) is 31.0 Å². The monoisotopic (exact) mass is 278 g/mol. The molecule has 0 aromatic heterocycles. The number of nitrogens with one attached hydrogen (secondary N) is 1. The van der Waals surface area contributed by atoms with Crippen molar-refractivity contribution in [3.05, 3.63) is 0 Å². The Bertz CT molecular complexity index is 315. The zero-order valence-corrected chi connectivity index (χ0v) is 13.8. The molecule has 3 fully saturated rings. The van der Waals surface area contributed by atoms with Crippen molar-refractivity contribution < 1.29 is 0 Å². The minimum atomic E-state index is 0.581. The van der Waals surface area contributed by atoms with Gasteiger partial charge in [-0.05, 0) is 75.3 Å². The molecule has 1 N–H and O–H groups in total. The van der Waals surface area contributed by atoms with Gasteiger partial charge in [0.1, 0.15) is 0 Å². The molecular formula is C18H34N2. The van der Waals surface area contributed by atoms with Gasteiger partial charge in [-0.2, -0.15) is 0 Å². The van der Waals surface area contributed by atoms with E-state index in [1.54, 1.807) is 0 Å². The van der Waals surface area contributed by atoms with Crippen LogP contribution in [-0.2, 0) is 0 Å². The molecule has 0 spiro atoms. The van der Waals surface area contributed by atoms with Crippen LogP contribution in [0, 0.1) is 17.3 Å². The lowest BCUT2D eigenvalue weighted by Crippen LogP contribution is -2.49. The van der Waals surface area contributed by atoms with Crippen molar-refractivity contribution in [3.63, 3.8) is 0 Å². The molecule has 3 aliphatic rings. The predicted octanol–water partition coefficient (Wildman–Crippen LogP) is 3.67. The SMILES string of the molecule is CC1CC(C)(C)CCC1N(CC1CCCNC1)C1CC1. The fourth-order valence-corrected chi connectivity index (χ4v) is 4.76. The van der Waals surface area contributed by atoms with Crippen molar-refractivity contribution in [3.8, 4) is 0 Å². The minimum Gasteiger partial charge on any atom is -0.316 e. The van der Waals surface area contributed by atoms with Gasteiger partial charge >= 0.3 is 0 Å². The summed E-state index contributed by atoms with van der Waals surface area (Å²) in [5.41, 5.74) is 0.581. The van der Waals surface area contributed by atoms with Crippen molar-refractivity contribution in [1.82, 2.24) is 10.2 Å². The van der Waals surface area contributed by atoms with E-state index in [4.69, 9.17) is 0 Å². The summed E-state index contributed by atoms with van der Waals surface area (Å²) in [6.07, 6.45) is 10.0. The Kier molecular flexibility index (Phi) is 4.42. The fraction of sp³-hybridized carbons (Fsp3) is 1.00. The van der Waals surface area contributed by atoms with Crippen molar-refractivity contribution in [1.29, 1.82) is 0 Å². The van der Waals surface area contributed by atoms with Crippen molar-refractivity contribution in [2.45, 2.75) is 77.8 Å². The molecule has 2 nitrogen and oxygen atoms in total. The third-order valence-corrected chi connectivity index (χ3v) is 5.96. The molecule has 20 heavy (non-hydrogen) atoms. The minimum absolute atomic E-state index is 0.581. The summed E-state index contributed by atoms with van der Waals surface area (Å²) in [6.45, 7) is 11.3. The number of piperidine rings is 1. The highest BCUT2D eigenvalue weighted by molar-refractivity contribution is 4.95. The second kappa shape index (κ2) is 5.96. The lowest BCUT2D eigenvalue weighted by Gasteiger charge is -2.46. The van der Waals surface area contributed by atoms with Gasteiger partial charge in [-0.25, -0.2) is 0 Å². The van der Waals surface area contributed by atoms with Gasteiger partial charge in [-0.1, -0.05) is 20.8 Å². The average molecular weight is 278 g/mol. The number of hydrogen-bond donors (Lipinski definition) is 1. The average Bonchev–Trinajstić information content (AvgIpc) is 3.21. The fourth-order valence-electron chi connectivity index (χ4n) is 4.76. The van der Waals surface area contributed by atoms with Gasteiger partial charge in [-0.15, -0.1) is 0 Å². The summed E-state index contributed by atoms with van der Waals surface area (Å²) >= 11 is 0. The quantitative estimate of drug-likeness (QED) is 0.844. The molecule has 1 saturated heterocycles. The van der Waals surface area contributed by atoms with Crippen molar-refractivity contribution >= 4 is 0 Å². The zero-order valence-electron chi connectivity index (χ0n) is 13.8. The Labute approximate surface area is 125 Å². The van der Waals surface area contributed by atoms with Crippen molar-refractivity contribution in [2.24, 2.45) is 17.3 Å². The van der Waals surface area contributed by atoms with Gasteiger partial charge in [0.2, 0.25) is 0 Å². The van der Waals surface area contributed by atoms with E-state index in [9.17, 15) is 0 Å². The Hall–Kier alpha value is -0.0800. The highest BCUT2D eigenvalue weighted by atomic mass is 15.2. The van der Waals surface area contributed by atoms with Crippen molar-refractivity contribution in [2.75, 3.05) is 19.6 Å². The molecule has 3 unspecified atom stereocenters. The lowest BCUT2D eigenvalue weighted by atomic mass is 9.70. The summed E-state index contributed by atoms with van der Waals surface area (Å²) in [5, 5.41) is 3.60. The molecule has 2 saturated carbocycles. The lowest BCUT2D eigenvalue weighted by molar-refractivity contribution is 0.0415. The first-order valence-electron chi connectivity index (χ1n) is 9.02. The Balaban J connectivity index is 1.61. The Morgan fingerprint density at radius 2 is 1.95 bits per heavy atom. The second-order valence-electron chi connectivity index (χ2n) is 8.59. The van der Waals surface area contributed by atoms with E-state index < -0.39 is 0 Å². The van der Waals surface area contributed by atoms with Crippen LogP contribution >= 0.6 is 0 Å². The van der Waals surface area contributed by atoms with E-state index >= 15 is 0 Å². The Morgan fingerprint density at radius 1 is 1.15 bits per heavy atom. The maximum Gasteiger partial charge on any atom is 0.0124 e. The molecule has 1 aliphatic heterocycles. The van der Waals surface area contributed by atoms with Gasteiger partial charge in [0.05, 0.1) is 0 Å². The predicted molar refractivity (Wildman–Crippen MR) is 85.9 cm³/mol. The third kappa shape index (κ3) is 3.57. The van der Waals surface area contributed by atoms with Gasteiger partial charge in [0, 0.05) is 18.6 Å². The number of nitrogens with zero attached hydrogens (tertiary/aromatic N) is 1. The molecule has 0 radical (unpaired) electrons. The van der Waals surface area contributed by atoms with E-state index in [1.165, 1.54) is 64.6 Å². The van der Waals surface area contributed by atoms with E-state index in [-0.39, 0.29) is 0 Å². The summed E-state index contributed by atoms with van der Waals surface area (Å²) in [7, 11) is 0. The molecule has 2 heteroatoms. The van der Waals surface area contributed by atoms with Crippen LogP contribution in [0.15, 0.2) is 0 Å². The first-order chi connectivity index (χ1) is 9.55. The molecule has 3 atom stereocenters. The largest absolute Gasteiger partial charge is 0.316 e. The van der Waals surface area contributed by atoms with Crippen LogP contribution in [0.3, 0.4) is 0 Å². The molecular weight excluding hydrogens is 244 g/mol. The maximum atomic E-state index is 3.60. The van der Waals surface area contributed by atoms with Crippen LogP contribution in [0.4, 0.5) is 0 Å². The second-order valence-corrected chi connectivity index (χ2v) is 8.59. The van der Waals surface area contributed by atoms with Crippen LogP contribution < -0.4 is 5.32 Å². The molecule has 116 valence electrons. The van der Waals surface area contributed by atoms with Crippen LogP contribution in [-0.4, -0.2) is 36.6 Å². The summed E-state index contributed by atoms with van der Waals surface area (Å²) in [4.78, 5) is 2.94. The molecule has 0 aromatic rings. The molecule has 0 amide bonds. The first-order valence-corrected chi connectivity index (χ1v) is 9.02. The van der Waals surface area contributed by atoms with Gasteiger partial charge in [0.25, 0.3) is 0 Å². The van der Waals surface area contributed by atoms with E-state index in [1.807, 2.05) is 0 Å².